The molecule has 0 N–H and O–H groups in total. The molecule has 0 atom stereocenters. The number of nitrogens with zero attached hydrogens (tertiary/aromatic N) is 2. The van der Waals surface area contributed by atoms with Gasteiger partial charge in [0.2, 0.25) is 0 Å². The smallest absolute Gasteiger partial charge is 0.269 e. The zero-order chi connectivity index (χ0) is 19.6. The second kappa shape index (κ2) is 7.94. The molecule has 1 aliphatic heterocycles. The van der Waals surface area contributed by atoms with Crippen LogP contribution in [0.5, 0.6) is 0 Å². The molecule has 2 aromatic rings. The van der Waals surface area contributed by atoms with Gasteiger partial charge in [0.25, 0.3) is 17.5 Å². The summed E-state index contributed by atoms with van der Waals surface area (Å²) in [6.45, 7) is 2.20. The first-order chi connectivity index (χ1) is 12.9. The lowest BCUT2D eigenvalue weighted by Gasteiger charge is -2.13. The third kappa shape index (κ3) is 3.89. The van der Waals surface area contributed by atoms with E-state index in [1.165, 1.54) is 40.9 Å². The van der Waals surface area contributed by atoms with Gasteiger partial charge >= 0.3 is 0 Å². The Morgan fingerprint density at radius 2 is 1.67 bits per heavy atom. The fourth-order valence-corrected chi connectivity index (χ4v) is 3.84. The monoisotopic (exact) mass is 402 g/mol. The number of thioether (sulfide) groups is 1. The van der Waals surface area contributed by atoms with Gasteiger partial charge in [-0.05, 0) is 48.4 Å². The van der Waals surface area contributed by atoms with E-state index in [2.05, 4.69) is 0 Å². The molecule has 2 aromatic carbocycles. The highest BCUT2D eigenvalue weighted by Crippen LogP contribution is 2.40. The third-order valence-corrected chi connectivity index (χ3v) is 5.32. The number of carbonyl (C=O) groups is 2. The Kier molecular flexibility index (Phi) is 5.62. The van der Waals surface area contributed by atoms with Crippen LogP contribution in [0.1, 0.15) is 18.9 Å². The number of amides is 2. The molecule has 0 fully saturated rings. The lowest BCUT2D eigenvalue weighted by atomic mass is 10.1. The van der Waals surface area contributed by atoms with E-state index in [0.717, 1.165) is 4.90 Å². The number of nitro benzene ring substituents is 1. The largest absolute Gasteiger partial charge is 0.274 e. The number of non-ortho nitro benzene ring substituents is 1. The fraction of sp³-hybridized carbons (Fsp3) is 0.158. The molecule has 0 radical (unpaired) electrons. The molecule has 0 saturated carbocycles. The average Bonchev–Trinajstić information content (AvgIpc) is 2.88. The first-order valence-electron chi connectivity index (χ1n) is 8.21. The summed E-state index contributed by atoms with van der Waals surface area (Å²) in [5, 5.41) is 11.4. The number of hydrogen-bond donors (Lipinski definition) is 0. The van der Waals surface area contributed by atoms with Crippen molar-refractivity contribution in [3.63, 3.8) is 0 Å². The van der Waals surface area contributed by atoms with E-state index >= 15 is 0 Å². The molecule has 0 spiro atoms. The molecule has 0 unspecified atom stereocenters. The Bertz CT molecular complexity index is 939. The minimum atomic E-state index is -0.507. The van der Waals surface area contributed by atoms with Crippen molar-refractivity contribution in [1.82, 2.24) is 4.90 Å². The molecule has 0 aromatic heterocycles. The minimum Gasteiger partial charge on any atom is -0.274 e. The highest BCUT2D eigenvalue weighted by atomic mass is 35.5. The summed E-state index contributed by atoms with van der Waals surface area (Å²) in [5.74, 6) is -0.734. The van der Waals surface area contributed by atoms with Crippen molar-refractivity contribution in [2.45, 2.75) is 18.2 Å². The lowest BCUT2D eigenvalue weighted by Crippen LogP contribution is -2.32. The van der Waals surface area contributed by atoms with Crippen molar-refractivity contribution < 1.29 is 14.5 Å². The summed E-state index contributed by atoms with van der Waals surface area (Å²) in [6, 6.07) is 12.6. The molecular formula is C19H15ClN2O4S. The van der Waals surface area contributed by atoms with Crippen LogP contribution in [-0.4, -0.2) is 28.2 Å². The van der Waals surface area contributed by atoms with Gasteiger partial charge in [0.15, 0.2) is 0 Å². The Hall–Kier alpha value is -2.64. The van der Waals surface area contributed by atoms with E-state index in [-0.39, 0.29) is 23.1 Å². The standard InChI is InChI=1S/C19H15ClN2O4S/c1-2-11-21-18(23)16(12-3-7-14(8-4-12)22(25)26)17(19(21)24)27-15-9-5-13(20)6-10-15/h3-10H,2,11H2,1H3. The number of nitro groups is 1. The second-order valence-corrected chi connectivity index (χ2v) is 7.35. The maximum Gasteiger partial charge on any atom is 0.269 e. The van der Waals surface area contributed by atoms with E-state index in [9.17, 15) is 19.7 Å². The Balaban J connectivity index is 2.05. The number of benzene rings is 2. The van der Waals surface area contributed by atoms with Crippen LogP contribution in [-0.2, 0) is 9.59 Å². The molecule has 0 bridgehead atoms. The van der Waals surface area contributed by atoms with Gasteiger partial charge in [0.1, 0.15) is 0 Å². The molecule has 1 aliphatic rings. The zero-order valence-electron chi connectivity index (χ0n) is 14.3. The molecule has 6 nitrogen and oxygen atoms in total. The number of carbonyl (C=O) groups excluding carboxylic acids is 2. The molecule has 2 amide bonds. The molecule has 138 valence electrons. The number of hydrogen-bond acceptors (Lipinski definition) is 5. The van der Waals surface area contributed by atoms with Gasteiger partial charge in [-0.25, -0.2) is 0 Å². The van der Waals surface area contributed by atoms with E-state index in [1.807, 2.05) is 6.92 Å². The van der Waals surface area contributed by atoms with Crippen LogP contribution in [0.3, 0.4) is 0 Å². The van der Waals surface area contributed by atoms with Crippen LogP contribution in [0.15, 0.2) is 58.3 Å². The van der Waals surface area contributed by atoms with E-state index in [4.69, 9.17) is 11.6 Å². The third-order valence-electron chi connectivity index (χ3n) is 3.97. The predicted molar refractivity (Wildman–Crippen MR) is 104 cm³/mol. The van der Waals surface area contributed by atoms with Crippen LogP contribution in [0, 0.1) is 10.1 Å². The molecule has 27 heavy (non-hydrogen) atoms. The first-order valence-corrected chi connectivity index (χ1v) is 9.40. The van der Waals surface area contributed by atoms with Crippen molar-refractivity contribution in [2.24, 2.45) is 0 Å². The van der Waals surface area contributed by atoms with Crippen molar-refractivity contribution in [2.75, 3.05) is 6.54 Å². The maximum absolute atomic E-state index is 12.9. The zero-order valence-corrected chi connectivity index (χ0v) is 15.9. The van der Waals surface area contributed by atoms with Crippen LogP contribution in [0.4, 0.5) is 5.69 Å². The summed E-state index contributed by atoms with van der Waals surface area (Å²) < 4.78 is 0. The second-order valence-electron chi connectivity index (χ2n) is 5.83. The molecular weight excluding hydrogens is 388 g/mol. The van der Waals surface area contributed by atoms with Crippen molar-refractivity contribution >= 4 is 46.4 Å². The van der Waals surface area contributed by atoms with E-state index in [1.54, 1.807) is 24.3 Å². The topological polar surface area (TPSA) is 80.5 Å². The fourth-order valence-electron chi connectivity index (χ4n) is 2.70. The van der Waals surface area contributed by atoms with Gasteiger partial charge < -0.3 is 0 Å². The maximum atomic E-state index is 12.9. The number of imide groups is 1. The van der Waals surface area contributed by atoms with Crippen molar-refractivity contribution in [1.29, 1.82) is 0 Å². The lowest BCUT2D eigenvalue weighted by molar-refractivity contribution is -0.384. The van der Waals surface area contributed by atoms with E-state index < -0.39 is 4.92 Å². The van der Waals surface area contributed by atoms with Gasteiger partial charge in [0.05, 0.1) is 15.4 Å². The highest BCUT2D eigenvalue weighted by molar-refractivity contribution is 8.04. The van der Waals surface area contributed by atoms with Gasteiger partial charge in [-0.3, -0.25) is 24.6 Å². The van der Waals surface area contributed by atoms with E-state index in [0.29, 0.717) is 28.5 Å². The van der Waals surface area contributed by atoms with Gasteiger partial charge in [-0.2, -0.15) is 0 Å². The molecule has 0 aliphatic carbocycles. The summed E-state index contributed by atoms with van der Waals surface area (Å²) in [7, 11) is 0. The van der Waals surface area contributed by atoms with Crippen molar-refractivity contribution in [3.05, 3.63) is 74.1 Å². The molecule has 0 saturated heterocycles. The predicted octanol–water partition coefficient (Wildman–Crippen LogP) is 4.53. The molecule has 3 rings (SSSR count). The molecule has 8 heteroatoms. The van der Waals surface area contributed by atoms with Crippen molar-refractivity contribution in [3.8, 4) is 0 Å². The van der Waals surface area contributed by atoms with Gasteiger partial charge in [-0.15, -0.1) is 0 Å². The first kappa shape index (κ1) is 19.1. The quantitative estimate of drug-likeness (QED) is 0.403. The summed E-state index contributed by atoms with van der Waals surface area (Å²) in [4.78, 5) is 38.3. The molecule has 1 heterocycles. The van der Waals surface area contributed by atoms with Crippen LogP contribution >= 0.6 is 23.4 Å². The van der Waals surface area contributed by atoms with Crippen LogP contribution < -0.4 is 0 Å². The summed E-state index contributed by atoms with van der Waals surface area (Å²) in [6.07, 6.45) is 0.643. The summed E-state index contributed by atoms with van der Waals surface area (Å²) >= 11 is 7.09. The summed E-state index contributed by atoms with van der Waals surface area (Å²) in [5.41, 5.74) is 0.672. The number of rotatable bonds is 6. The Morgan fingerprint density at radius 1 is 1.04 bits per heavy atom. The van der Waals surface area contributed by atoms with Gasteiger partial charge in [-0.1, -0.05) is 30.3 Å². The van der Waals surface area contributed by atoms with Gasteiger partial charge in [0, 0.05) is 28.6 Å². The van der Waals surface area contributed by atoms with Crippen LogP contribution in [0.25, 0.3) is 5.57 Å². The normalized spacial score (nSPS) is 14.2. The minimum absolute atomic E-state index is 0.0755. The highest BCUT2D eigenvalue weighted by Gasteiger charge is 2.39. The SMILES string of the molecule is CCCN1C(=O)C(Sc2ccc(Cl)cc2)=C(c2ccc([N+](=O)[O-])cc2)C1=O. The Morgan fingerprint density at radius 3 is 2.22 bits per heavy atom. The number of halogens is 1. The Labute approximate surface area is 165 Å². The average molecular weight is 403 g/mol. The van der Waals surface area contributed by atoms with Crippen LogP contribution in [0.2, 0.25) is 5.02 Å².